The smallest absolute Gasteiger partial charge is 0.251 e. The zero-order valence-electron chi connectivity index (χ0n) is 12.8. The topological polar surface area (TPSA) is 49.4 Å². The van der Waals surface area contributed by atoms with Crippen LogP contribution in [0.5, 0.6) is 0 Å². The molecule has 5 heteroatoms. The first kappa shape index (κ1) is 15.6. The minimum absolute atomic E-state index is 0.0845. The molecule has 118 valence electrons. The maximum absolute atomic E-state index is 12.3. The normalized spacial score (nSPS) is 13.1. The Hall–Kier alpha value is -2.33. The van der Waals surface area contributed by atoms with Crippen LogP contribution in [-0.2, 0) is 17.8 Å². The SMILES string of the molecule is CCN1C(=O)Cc2cc(C(=O)NCc3ccc(Cl)cc3)ccc21. The zero-order chi connectivity index (χ0) is 16.4. The van der Waals surface area contributed by atoms with Crippen molar-refractivity contribution in [3.63, 3.8) is 0 Å². The Bertz CT molecular complexity index is 756. The van der Waals surface area contributed by atoms with Crippen molar-refractivity contribution in [3.8, 4) is 0 Å². The van der Waals surface area contributed by atoms with Gasteiger partial charge in [0.05, 0.1) is 6.42 Å². The van der Waals surface area contributed by atoms with Gasteiger partial charge in [-0.3, -0.25) is 9.59 Å². The molecule has 0 aromatic heterocycles. The molecule has 0 bridgehead atoms. The molecule has 0 radical (unpaired) electrons. The van der Waals surface area contributed by atoms with Gasteiger partial charge in [0.2, 0.25) is 5.91 Å². The highest BCUT2D eigenvalue weighted by Gasteiger charge is 2.26. The fourth-order valence-corrected chi connectivity index (χ4v) is 2.88. The van der Waals surface area contributed by atoms with Gasteiger partial charge in [-0.25, -0.2) is 0 Å². The molecule has 0 spiro atoms. The van der Waals surface area contributed by atoms with Crippen LogP contribution in [0.2, 0.25) is 5.02 Å². The summed E-state index contributed by atoms with van der Waals surface area (Å²) in [5.41, 5.74) is 3.38. The van der Waals surface area contributed by atoms with E-state index in [0.29, 0.717) is 30.1 Å². The van der Waals surface area contributed by atoms with Crippen molar-refractivity contribution in [2.75, 3.05) is 11.4 Å². The van der Waals surface area contributed by atoms with Crippen LogP contribution in [0.25, 0.3) is 0 Å². The number of benzene rings is 2. The number of hydrogen-bond acceptors (Lipinski definition) is 2. The third-order valence-electron chi connectivity index (χ3n) is 3.96. The molecular formula is C18H17ClN2O2. The summed E-state index contributed by atoms with van der Waals surface area (Å²) in [5, 5.41) is 3.55. The summed E-state index contributed by atoms with van der Waals surface area (Å²) in [6, 6.07) is 12.8. The Balaban J connectivity index is 1.70. The summed E-state index contributed by atoms with van der Waals surface area (Å²) >= 11 is 5.84. The van der Waals surface area contributed by atoms with Crippen LogP contribution in [0.3, 0.4) is 0 Å². The molecule has 23 heavy (non-hydrogen) atoms. The molecule has 1 heterocycles. The Kier molecular flexibility index (Phi) is 4.35. The summed E-state index contributed by atoms with van der Waals surface area (Å²) < 4.78 is 0. The number of anilines is 1. The number of likely N-dealkylation sites (N-methyl/N-ethyl adjacent to an activating group) is 1. The molecule has 2 aromatic carbocycles. The Labute approximate surface area is 140 Å². The van der Waals surface area contributed by atoms with Crippen LogP contribution < -0.4 is 10.2 Å². The molecule has 2 aromatic rings. The summed E-state index contributed by atoms with van der Waals surface area (Å²) in [5.74, 6) is -0.0635. The second kappa shape index (κ2) is 6.42. The molecule has 1 N–H and O–H groups in total. The van der Waals surface area contributed by atoms with E-state index in [1.165, 1.54) is 0 Å². The monoisotopic (exact) mass is 328 g/mol. The van der Waals surface area contributed by atoms with Gasteiger partial charge < -0.3 is 10.2 Å². The standard InChI is InChI=1S/C18H17ClN2O2/c1-2-21-16-8-5-13(9-14(16)10-17(21)22)18(23)20-11-12-3-6-15(19)7-4-12/h3-9H,2,10-11H2,1H3,(H,20,23). The number of rotatable bonds is 4. The molecule has 0 atom stereocenters. The van der Waals surface area contributed by atoms with E-state index in [1.54, 1.807) is 29.2 Å². The highest BCUT2D eigenvalue weighted by Crippen LogP contribution is 2.29. The minimum atomic E-state index is -0.148. The fraction of sp³-hybridized carbons (Fsp3) is 0.222. The van der Waals surface area contributed by atoms with E-state index >= 15 is 0 Å². The van der Waals surface area contributed by atoms with Gasteiger partial charge in [-0.05, 0) is 48.4 Å². The molecule has 0 aliphatic carbocycles. The van der Waals surface area contributed by atoms with Crippen LogP contribution in [0.4, 0.5) is 5.69 Å². The number of hydrogen-bond donors (Lipinski definition) is 1. The van der Waals surface area contributed by atoms with Gasteiger partial charge in [0.25, 0.3) is 5.91 Å². The highest BCUT2D eigenvalue weighted by atomic mass is 35.5. The lowest BCUT2D eigenvalue weighted by atomic mass is 10.1. The largest absolute Gasteiger partial charge is 0.348 e. The van der Waals surface area contributed by atoms with Crippen LogP contribution in [0.1, 0.15) is 28.4 Å². The predicted molar refractivity (Wildman–Crippen MR) is 90.8 cm³/mol. The molecule has 1 aliphatic heterocycles. The van der Waals surface area contributed by atoms with Crippen molar-refractivity contribution in [2.24, 2.45) is 0 Å². The van der Waals surface area contributed by atoms with Gasteiger partial charge >= 0.3 is 0 Å². The Morgan fingerprint density at radius 1 is 1.22 bits per heavy atom. The molecular weight excluding hydrogens is 312 g/mol. The summed E-state index contributed by atoms with van der Waals surface area (Å²) in [4.78, 5) is 25.9. The van der Waals surface area contributed by atoms with Crippen molar-refractivity contribution in [3.05, 3.63) is 64.2 Å². The zero-order valence-corrected chi connectivity index (χ0v) is 13.6. The van der Waals surface area contributed by atoms with Crippen molar-refractivity contribution < 1.29 is 9.59 Å². The van der Waals surface area contributed by atoms with E-state index in [0.717, 1.165) is 16.8 Å². The van der Waals surface area contributed by atoms with Gasteiger partial charge in [0.1, 0.15) is 0 Å². The van der Waals surface area contributed by atoms with Crippen molar-refractivity contribution in [1.29, 1.82) is 0 Å². The third-order valence-corrected chi connectivity index (χ3v) is 4.21. The van der Waals surface area contributed by atoms with E-state index in [1.807, 2.05) is 25.1 Å². The van der Waals surface area contributed by atoms with E-state index < -0.39 is 0 Å². The summed E-state index contributed by atoms with van der Waals surface area (Å²) in [6.45, 7) is 3.03. The van der Waals surface area contributed by atoms with E-state index in [9.17, 15) is 9.59 Å². The van der Waals surface area contributed by atoms with Gasteiger partial charge in [-0.15, -0.1) is 0 Å². The number of carbonyl (C=O) groups excluding carboxylic acids is 2. The predicted octanol–water partition coefficient (Wildman–Crippen LogP) is 3.18. The molecule has 4 nitrogen and oxygen atoms in total. The maximum atomic E-state index is 12.3. The van der Waals surface area contributed by atoms with Gasteiger partial charge in [0, 0.05) is 29.4 Å². The van der Waals surface area contributed by atoms with Gasteiger partial charge in [-0.2, -0.15) is 0 Å². The first-order valence-corrected chi connectivity index (χ1v) is 7.92. The lowest BCUT2D eigenvalue weighted by Crippen LogP contribution is -2.25. The lowest BCUT2D eigenvalue weighted by molar-refractivity contribution is -0.117. The molecule has 0 saturated heterocycles. The number of carbonyl (C=O) groups is 2. The van der Waals surface area contributed by atoms with Crippen LogP contribution >= 0.6 is 11.6 Å². The first-order chi connectivity index (χ1) is 11.1. The van der Waals surface area contributed by atoms with Crippen molar-refractivity contribution in [1.82, 2.24) is 5.32 Å². The maximum Gasteiger partial charge on any atom is 0.251 e. The van der Waals surface area contributed by atoms with Crippen LogP contribution in [0.15, 0.2) is 42.5 Å². The number of nitrogens with one attached hydrogen (secondary N) is 1. The van der Waals surface area contributed by atoms with Gasteiger partial charge in [0.15, 0.2) is 0 Å². The van der Waals surface area contributed by atoms with E-state index in [4.69, 9.17) is 11.6 Å². The molecule has 0 saturated carbocycles. The molecule has 0 fully saturated rings. The molecule has 3 rings (SSSR count). The van der Waals surface area contributed by atoms with Crippen molar-refractivity contribution >= 4 is 29.1 Å². The quantitative estimate of drug-likeness (QED) is 0.937. The number of nitrogens with zero attached hydrogens (tertiary/aromatic N) is 1. The second-order valence-electron chi connectivity index (χ2n) is 5.47. The number of fused-ring (bicyclic) bond motifs is 1. The highest BCUT2D eigenvalue weighted by molar-refractivity contribution is 6.30. The van der Waals surface area contributed by atoms with Crippen LogP contribution in [-0.4, -0.2) is 18.4 Å². The van der Waals surface area contributed by atoms with Gasteiger partial charge in [-0.1, -0.05) is 23.7 Å². The third kappa shape index (κ3) is 3.22. The summed E-state index contributed by atoms with van der Waals surface area (Å²) in [6.07, 6.45) is 0.363. The average Bonchev–Trinajstić information content (AvgIpc) is 2.88. The van der Waals surface area contributed by atoms with Crippen molar-refractivity contribution in [2.45, 2.75) is 19.9 Å². The van der Waals surface area contributed by atoms with Crippen LogP contribution in [0, 0.1) is 0 Å². The fourth-order valence-electron chi connectivity index (χ4n) is 2.76. The average molecular weight is 329 g/mol. The Morgan fingerprint density at radius 3 is 2.65 bits per heavy atom. The van der Waals surface area contributed by atoms with E-state index in [-0.39, 0.29) is 11.8 Å². The number of halogens is 1. The summed E-state index contributed by atoms with van der Waals surface area (Å²) in [7, 11) is 0. The molecule has 1 aliphatic rings. The Morgan fingerprint density at radius 2 is 1.96 bits per heavy atom. The van der Waals surface area contributed by atoms with E-state index in [2.05, 4.69) is 5.32 Å². The molecule has 0 unspecified atom stereocenters. The minimum Gasteiger partial charge on any atom is -0.348 e. The second-order valence-corrected chi connectivity index (χ2v) is 5.90. The first-order valence-electron chi connectivity index (χ1n) is 7.54. The number of amides is 2. The molecule has 2 amide bonds. The lowest BCUT2D eigenvalue weighted by Gasteiger charge is -2.14.